The quantitative estimate of drug-likeness (QED) is 0.878. The molecule has 0 radical (unpaired) electrons. The predicted molar refractivity (Wildman–Crippen MR) is 81.7 cm³/mol. The monoisotopic (exact) mass is 307 g/mol. The Morgan fingerprint density at radius 3 is 2.71 bits per heavy atom. The fraction of sp³-hybridized carbons (Fsp3) is 0.438. The molecule has 21 heavy (non-hydrogen) atoms. The highest BCUT2D eigenvalue weighted by molar-refractivity contribution is 6.31. The van der Waals surface area contributed by atoms with Crippen LogP contribution in [0.25, 0.3) is 11.0 Å². The maximum Gasteiger partial charge on any atom is 0.289 e. The number of hydrogen-bond acceptors (Lipinski definition) is 3. The number of benzene rings is 1. The summed E-state index contributed by atoms with van der Waals surface area (Å²) in [5, 5.41) is 11.5. The number of carbonyl (C=O) groups is 1. The number of hydrogen-bond donors (Lipinski definition) is 1. The van der Waals surface area contributed by atoms with E-state index in [0.717, 1.165) is 10.9 Å². The lowest BCUT2D eigenvalue weighted by molar-refractivity contribution is -0.00285. The minimum atomic E-state index is -0.673. The highest BCUT2D eigenvalue weighted by atomic mass is 35.5. The Balaban J connectivity index is 1.90. The largest absolute Gasteiger partial charge is 0.451 e. The molecule has 2 heterocycles. The van der Waals surface area contributed by atoms with Crippen molar-refractivity contribution in [3.63, 3.8) is 0 Å². The van der Waals surface area contributed by atoms with Crippen molar-refractivity contribution in [2.45, 2.75) is 32.3 Å². The van der Waals surface area contributed by atoms with Gasteiger partial charge in [-0.05, 0) is 44.9 Å². The molecule has 1 fully saturated rings. The fourth-order valence-electron chi connectivity index (χ4n) is 2.73. The third-order valence-electron chi connectivity index (χ3n) is 4.22. The standard InChI is InChI=1S/C16H18ClNO3/c1-10-12-9-11(17)3-4-13(12)21-14(10)15(19)18-7-5-16(2,20)6-8-18/h3-4,9,20H,5-8H2,1-2H3. The molecular formula is C16H18ClNO3. The molecule has 4 nitrogen and oxygen atoms in total. The van der Waals surface area contributed by atoms with E-state index >= 15 is 0 Å². The molecule has 1 amide bonds. The Morgan fingerprint density at radius 2 is 2.05 bits per heavy atom. The Bertz CT molecular complexity index is 695. The zero-order valence-electron chi connectivity index (χ0n) is 12.1. The van der Waals surface area contributed by atoms with E-state index in [1.807, 2.05) is 19.9 Å². The second-order valence-electron chi connectivity index (χ2n) is 5.99. The minimum absolute atomic E-state index is 0.115. The number of likely N-dealkylation sites (tertiary alicyclic amines) is 1. The van der Waals surface area contributed by atoms with Crippen LogP contribution >= 0.6 is 11.6 Å². The molecule has 1 aromatic heterocycles. The highest BCUT2D eigenvalue weighted by Crippen LogP contribution is 2.30. The van der Waals surface area contributed by atoms with Crippen molar-refractivity contribution < 1.29 is 14.3 Å². The van der Waals surface area contributed by atoms with Crippen LogP contribution in [0.2, 0.25) is 5.02 Å². The Morgan fingerprint density at radius 1 is 1.38 bits per heavy atom. The summed E-state index contributed by atoms with van der Waals surface area (Å²) in [4.78, 5) is 14.3. The Hall–Kier alpha value is -1.52. The van der Waals surface area contributed by atoms with Crippen molar-refractivity contribution in [3.8, 4) is 0 Å². The van der Waals surface area contributed by atoms with Gasteiger partial charge in [-0.15, -0.1) is 0 Å². The molecule has 2 aromatic rings. The average molecular weight is 308 g/mol. The SMILES string of the molecule is Cc1c(C(=O)N2CCC(C)(O)CC2)oc2ccc(Cl)cc12. The first kappa shape index (κ1) is 14.4. The van der Waals surface area contributed by atoms with Crippen LogP contribution < -0.4 is 0 Å². The molecule has 0 unspecified atom stereocenters. The van der Waals surface area contributed by atoms with E-state index < -0.39 is 5.60 Å². The summed E-state index contributed by atoms with van der Waals surface area (Å²) in [6.45, 7) is 4.77. The lowest BCUT2D eigenvalue weighted by atomic mass is 9.93. The summed E-state index contributed by atoms with van der Waals surface area (Å²) in [7, 11) is 0. The van der Waals surface area contributed by atoms with Gasteiger partial charge in [0.15, 0.2) is 5.76 Å². The van der Waals surface area contributed by atoms with Gasteiger partial charge in [0, 0.05) is 29.1 Å². The molecule has 1 saturated heterocycles. The summed E-state index contributed by atoms with van der Waals surface area (Å²) in [6.07, 6.45) is 1.17. The molecule has 0 atom stereocenters. The third kappa shape index (κ3) is 2.65. The van der Waals surface area contributed by atoms with E-state index in [0.29, 0.717) is 42.3 Å². The maximum absolute atomic E-state index is 12.6. The van der Waals surface area contributed by atoms with Gasteiger partial charge in [-0.3, -0.25) is 4.79 Å². The second kappa shape index (κ2) is 5.04. The second-order valence-corrected chi connectivity index (χ2v) is 6.42. The summed E-state index contributed by atoms with van der Waals surface area (Å²) < 4.78 is 5.71. The van der Waals surface area contributed by atoms with Gasteiger partial charge in [0.2, 0.25) is 0 Å². The number of aryl methyl sites for hydroxylation is 1. The van der Waals surface area contributed by atoms with Gasteiger partial charge in [-0.2, -0.15) is 0 Å². The van der Waals surface area contributed by atoms with Crippen LogP contribution in [-0.4, -0.2) is 34.6 Å². The number of nitrogens with zero attached hydrogens (tertiary/aromatic N) is 1. The van der Waals surface area contributed by atoms with Gasteiger partial charge < -0.3 is 14.4 Å². The molecule has 1 N–H and O–H groups in total. The first-order valence-corrected chi connectivity index (χ1v) is 7.45. The number of fused-ring (bicyclic) bond motifs is 1. The van der Waals surface area contributed by atoms with Gasteiger partial charge in [0.05, 0.1) is 5.60 Å². The Kier molecular flexibility index (Phi) is 3.46. The first-order chi connectivity index (χ1) is 9.87. The molecular weight excluding hydrogens is 290 g/mol. The van der Waals surface area contributed by atoms with Crippen molar-refractivity contribution in [3.05, 3.63) is 34.5 Å². The van der Waals surface area contributed by atoms with Gasteiger partial charge in [-0.1, -0.05) is 11.6 Å². The molecule has 1 aromatic carbocycles. The van der Waals surface area contributed by atoms with Crippen LogP contribution in [0.15, 0.2) is 22.6 Å². The number of aliphatic hydroxyl groups is 1. The lowest BCUT2D eigenvalue weighted by Crippen LogP contribution is -2.45. The van der Waals surface area contributed by atoms with E-state index in [9.17, 15) is 9.90 Å². The van der Waals surface area contributed by atoms with Crippen LogP contribution in [0.5, 0.6) is 0 Å². The number of furan rings is 1. The number of halogens is 1. The summed E-state index contributed by atoms with van der Waals surface area (Å²) >= 11 is 5.99. The molecule has 0 bridgehead atoms. The smallest absolute Gasteiger partial charge is 0.289 e. The number of rotatable bonds is 1. The molecule has 0 spiro atoms. The Labute approximate surface area is 128 Å². The number of piperidine rings is 1. The number of carbonyl (C=O) groups excluding carboxylic acids is 1. The van der Waals surface area contributed by atoms with Gasteiger partial charge >= 0.3 is 0 Å². The van der Waals surface area contributed by atoms with Crippen LogP contribution in [0.4, 0.5) is 0 Å². The van der Waals surface area contributed by atoms with Crippen molar-refractivity contribution in [2.24, 2.45) is 0 Å². The molecule has 1 aliphatic rings. The van der Waals surface area contributed by atoms with Crippen LogP contribution in [0, 0.1) is 6.92 Å². The predicted octanol–water partition coefficient (Wildman–Crippen LogP) is 3.38. The average Bonchev–Trinajstić information content (AvgIpc) is 2.75. The zero-order chi connectivity index (χ0) is 15.2. The number of amides is 1. The lowest BCUT2D eigenvalue weighted by Gasteiger charge is -2.35. The van der Waals surface area contributed by atoms with Gasteiger partial charge in [0.25, 0.3) is 5.91 Å². The summed E-state index contributed by atoms with van der Waals surface area (Å²) in [5.41, 5.74) is 0.812. The van der Waals surface area contributed by atoms with Crippen LogP contribution in [0.3, 0.4) is 0 Å². The van der Waals surface area contributed by atoms with E-state index in [4.69, 9.17) is 16.0 Å². The molecule has 0 aliphatic carbocycles. The van der Waals surface area contributed by atoms with E-state index in [1.54, 1.807) is 17.0 Å². The molecule has 1 aliphatic heterocycles. The van der Waals surface area contributed by atoms with Crippen molar-refractivity contribution in [1.82, 2.24) is 4.90 Å². The van der Waals surface area contributed by atoms with E-state index in [2.05, 4.69) is 0 Å². The summed E-state index contributed by atoms with van der Waals surface area (Å²) in [6, 6.07) is 5.34. The van der Waals surface area contributed by atoms with Gasteiger partial charge in [-0.25, -0.2) is 0 Å². The molecule has 0 saturated carbocycles. The third-order valence-corrected chi connectivity index (χ3v) is 4.46. The molecule has 5 heteroatoms. The van der Waals surface area contributed by atoms with Crippen molar-refractivity contribution in [2.75, 3.05) is 13.1 Å². The molecule has 112 valence electrons. The highest BCUT2D eigenvalue weighted by Gasteiger charge is 2.32. The zero-order valence-corrected chi connectivity index (χ0v) is 12.9. The van der Waals surface area contributed by atoms with Crippen molar-refractivity contribution >= 4 is 28.5 Å². The van der Waals surface area contributed by atoms with E-state index in [-0.39, 0.29) is 5.91 Å². The molecule has 3 rings (SSSR count). The van der Waals surface area contributed by atoms with Gasteiger partial charge in [0.1, 0.15) is 5.58 Å². The topological polar surface area (TPSA) is 53.7 Å². The summed E-state index contributed by atoms with van der Waals surface area (Å²) in [5.74, 6) is 0.254. The van der Waals surface area contributed by atoms with Crippen LogP contribution in [-0.2, 0) is 0 Å². The maximum atomic E-state index is 12.6. The van der Waals surface area contributed by atoms with Crippen LogP contribution in [0.1, 0.15) is 35.9 Å². The minimum Gasteiger partial charge on any atom is -0.451 e. The fourth-order valence-corrected chi connectivity index (χ4v) is 2.90. The first-order valence-electron chi connectivity index (χ1n) is 7.08. The van der Waals surface area contributed by atoms with E-state index in [1.165, 1.54) is 0 Å². The normalized spacial score (nSPS) is 18.2. The van der Waals surface area contributed by atoms with Crippen molar-refractivity contribution in [1.29, 1.82) is 0 Å².